The van der Waals surface area contributed by atoms with Gasteiger partial charge in [-0.15, -0.1) is 0 Å². The van der Waals surface area contributed by atoms with Crippen LogP contribution in [0.3, 0.4) is 0 Å². The topological polar surface area (TPSA) is 47.3 Å². The van der Waals surface area contributed by atoms with Gasteiger partial charge in [0.2, 0.25) is 0 Å². The van der Waals surface area contributed by atoms with Crippen LogP contribution >= 0.6 is 0 Å². The van der Waals surface area contributed by atoms with E-state index in [0.717, 1.165) is 5.56 Å². The van der Waals surface area contributed by atoms with Crippen LogP contribution in [0, 0.1) is 12.7 Å². The molecule has 112 valence electrons. The summed E-state index contributed by atoms with van der Waals surface area (Å²) in [6.07, 6.45) is 0. The smallest absolute Gasteiger partial charge is 0.387 e. The molecular weight excluding hydrogens is 281 g/mol. The zero-order chi connectivity index (χ0) is 15.4. The molecule has 21 heavy (non-hydrogen) atoms. The monoisotopic (exact) mass is 296 g/mol. The third-order valence-electron chi connectivity index (χ3n) is 3.08. The van der Waals surface area contributed by atoms with E-state index in [4.69, 9.17) is 5.84 Å². The minimum absolute atomic E-state index is 0.0450. The molecule has 1 unspecified atom stereocenters. The summed E-state index contributed by atoms with van der Waals surface area (Å²) in [6, 6.07) is 9.90. The summed E-state index contributed by atoms with van der Waals surface area (Å²) in [5, 5.41) is 0. The molecule has 2 aromatic carbocycles. The summed E-state index contributed by atoms with van der Waals surface area (Å²) in [7, 11) is 0. The van der Waals surface area contributed by atoms with Crippen LogP contribution in [0.15, 0.2) is 42.5 Å². The fourth-order valence-corrected chi connectivity index (χ4v) is 2.15. The average molecular weight is 296 g/mol. The molecule has 0 saturated carbocycles. The van der Waals surface area contributed by atoms with E-state index in [1.807, 2.05) is 0 Å². The first-order valence-corrected chi connectivity index (χ1v) is 6.29. The molecule has 3 N–H and O–H groups in total. The maximum atomic E-state index is 14.0. The summed E-state index contributed by atoms with van der Waals surface area (Å²) < 4.78 is 43.4. The van der Waals surface area contributed by atoms with Crippen LogP contribution in [-0.4, -0.2) is 6.61 Å². The first kappa shape index (κ1) is 15.3. The Hall–Kier alpha value is -2.05. The third-order valence-corrected chi connectivity index (χ3v) is 3.08. The Bertz CT molecular complexity index is 620. The van der Waals surface area contributed by atoms with Gasteiger partial charge in [0.25, 0.3) is 0 Å². The quantitative estimate of drug-likeness (QED) is 0.657. The Morgan fingerprint density at radius 3 is 2.48 bits per heavy atom. The van der Waals surface area contributed by atoms with Crippen LogP contribution in [0.25, 0.3) is 0 Å². The lowest BCUT2D eigenvalue weighted by atomic mass is 9.96. The van der Waals surface area contributed by atoms with Crippen molar-refractivity contribution in [2.45, 2.75) is 19.6 Å². The molecule has 0 fully saturated rings. The van der Waals surface area contributed by atoms with Crippen molar-refractivity contribution in [1.82, 2.24) is 5.43 Å². The van der Waals surface area contributed by atoms with E-state index < -0.39 is 18.5 Å². The molecule has 0 bridgehead atoms. The SMILES string of the molecule is Cc1ccc(F)c(C(NN)c2ccccc2OC(F)F)c1. The van der Waals surface area contributed by atoms with Gasteiger partial charge in [0.1, 0.15) is 11.6 Å². The summed E-state index contributed by atoms with van der Waals surface area (Å²) >= 11 is 0. The van der Waals surface area contributed by atoms with Gasteiger partial charge in [-0.1, -0.05) is 35.9 Å². The Morgan fingerprint density at radius 1 is 1.10 bits per heavy atom. The molecule has 3 nitrogen and oxygen atoms in total. The number of hydrogen-bond donors (Lipinski definition) is 2. The maximum Gasteiger partial charge on any atom is 0.387 e. The number of halogens is 3. The molecule has 0 spiro atoms. The van der Waals surface area contributed by atoms with Gasteiger partial charge >= 0.3 is 6.61 Å². The average Bonchev–Trinajstić information content (AvgIpc) is 2.44. The lowest BCUT2D eigenvalue weighted by Gasteiger charge is -2.21. The van der Waals surface area contributed by atoms with E-state index in [1.165, 1.54) is 12.1 Å². The molecule has 6 heteroatoms. The Morgan fingerprint density at radius 2 is 1.81 bits per heavy atom. The summed E-state index contributed by atoms with van der Waals surface area (Å²) in [5.41, 5.74) is 3.89. The molecule has 0 aromatic heterocycles. The van der Waals surface area contributed by atoms with Crippen molar-refractivity contribution >= 4 is 0 Å². The van der Waals surface area contributed by atoms with Crippen LogP contribution in [0.4, 0.5) is 13.2 Å². The van der Waals surface area contributed by atoms with Gasteiger partial charge < -0.3 is 4.74 Å². The summed E-state index contributed by atoms with van der Waals surface area (Å²) in [4.78, 5) is 0. The van der Waals surface area contributed by atoms with Crippen LogP contribution in [0.5, 0.6) is 5.75 Å². The van der Waals surface area contributed by atoms with Crippen LogP contribution in [-0.2, 0) is 0 Å². The van der Waals surface area contributed by atoms with Gasteiger partial charge in [-0.3, -0.25) is 5.84 Å². The largest absolute Gasteiger partial charge is 0.434 e. The molecule has 2 aromatic rings. The Kier molecular flexibility index (Phi) is 4.82. The highest BCUT2D eigenvalue weighted by Gasteiger charge is 2.21. The fraction of sp³-hybridized carbons (Fsp3) is 0.200. The number of rotatable bonds is 5. The van der Waals surface area contributed by atoms with Crippen molar-refractivity contribution in [3.8, 4) is 5.75 Å². The molecule has 0 aliphatic heterocycles. The third kappa shape index (κ3) is 3.53. The minimum atomic E-state index is -2.97. The highest BCUT2D eigenvalue weighted by molar-refractivity contribution is 5.42. The molecular formula is C15H15F3N2O. The van der Waals surface area contributed by atoms with E-state index in [0.29, 0.717) is 5.56 Å². The second kappa shape index (κ2) is 6.60. The van der Waals surface area contributed by atoms with Crippen LogP contribution in [0.2, 0.25) is 0 Å². The van der Waals surface area contributed by atoms with Crippen LogP contribution < -0.4 is 16.0 Å². The lowest BCUT2D eigenvalue weighted by molar-refractivity contribution is -0.0506. The first-order chi connectivity index (χ1) is 10.0. The highest BCUT2D eigenvalue weighted by atomic mass is 19.3. The lowest BCUT2D eigenvalue weighted by Crippen LogP contribution is -2.30. The van der Waals surface area contributed by atoms with Crippen LogP contribution in [0.1, 0.15) is 22.7 Å². The number of benzene rings is 2. The van der Waals surface area contributed by atoms with Crippen molar-refractivity contribution in [3.05, 3.63) is 65.0 Å². The van der Waals surface area contributed by atoms with Gasteiger partial charge in [-0.05, 0) is 19.1 Å². The number of nitrogens with one attached hydrogen (secondary N) is 1. The zero-order valence-corrected chi connectivity index (χ0v) is 11.3. The van der Waals surface area contributed by atoms with E-state index >= 15 is 0 Å². The van der Waals surface area contributed by atoms with Gasteiger partial charge in [0.15, 0.2) is 0 Å². The molecule has 0 saturated heterocycles. The second-order valence-electron chi connectivity index (χ2n) is 4.54. The molecule has 0 aliphatic carbocycles. The first-order valence-electron chi connectivity index (χ1n) is 6.29. The van der Waals surface area contributed by atoms with E-state index in [9.17, 15) is 13.2 Å². The summed E-state index contributed by atoms with van der Waals surface area (Å²) in [5.74, 6) is 4.97. The van der Waals surface area contributed by atoms with Crippen molar-refractivity contribution in [3.63, 3.8) is 0 Å². The van der Waals surface area contributed by atoms with Crippen molar-refractivity contribution in [1.29, 1.82) is 0 Å². The Labute approximate surface area is 120 Å². The van der Waals surface area contributed by atoms with Crippen molar-refractivity contribution in [2.24, 2.45) is 5.84 Å². The second-order valence-corrected chi connectivity index (χ2v) is 4.54. The molecule has 0 aliphatic rings. The highest BCUT2D eigenvalue weighted by Crippen LogP contribution is 2.32. The molecule has 0 heterocycles. The Balaban J connectivity index is 2.49. The number of hydrazine groups is 1. The number of aryl methyl sites for hydroxylation is 1. The number of hydrogen-bond acceptors (Lipinski definition) is 3. The molecule has 0 amide bonds. The van der Waals surface area contributed by atoms with Crippen molar-refractivity contribution < 1.29 is 17.9 Å². The minimum Gasteiger partial charge on any atom is -0.434 e. The summed E-state index contributed by atoms with van der Waals surface area (Å²) in [6.45, 7) is -1.16. The molecule has 0 radical (unpaired) electrons. The van der Waals surface area contributed by atoms with Gasteiger partial charge in [0.05, 0.1) is 6.04 Å². The normalized spacial score (nSPS) is 12.5. The number of alkyl halides is 2. The standard InChI is InChI=1S/C15H15F3N2O/c1-9-6-7-12(16)11(8-9)14(20-19)10-4-2-3-5-13(10)21-15(17)18/h2-8,14-15,20H,19H2,1H3. The molecule has 2 rings (SSSR count). The maximum absolute atomic E-state index is 14.0. The van der Waals surface area contributed by atoms with E-state index in [-0.39, 0.29) is 11.3 Å². The van der Waals surface area contributed by atoms with Crippen molar-refractivity contribution in [2.75, 3.05) is 0 Å². The molecule has 1 atom stereocenters. The predicted molar refractivity (Wildman–Crippen MR) is 73.4 cm³/mol. The zero-order valence-electron chi connectivity index (χ0n) is 11.3. The number of para-hydroxylation sites is 1. The van der Waals surface area contributed by atoms with Gasteiger partial charge in [-0.25, -0.2) is 9.82 Å². The number of ether oxygens (including phenoxy) is 1. The van der Waals surface area contributed by atoms with E-state index in [2.05, 4.69) is 10.2 Å². The predicted octanol–water partition coefficient (Wildman–Crippen LogP) is 3.29. The number of nitrogens with two attached hydrogens (primary N) is 1. The van der Waals surface area contributed by atoms with E-state index in [1.54, 1.807) is 37.3 Å². The fourth-order valence-electron chi connectivity index (χ4n) is 2.15. The van der Waals surface area contributed by atoms with Gasteiger partial charge in [0, 0.05) is 11.1 Å². The van der Waals surface area contributed by atoms with Gasteiger partial charge in [-0.2, -0.15) is 8.78 Å².